The summed E-state index contributed by atoms with van der Waals surface area (Å²) in [7, 11) is 0. The largest absolute Gasteiger partial charge is 0.288 e. The van der Waals surface area contributed by atoms with Crippen molar-refractivity contribution in [1.82, 2.24) is 14.7 Å². The van der Waals surface area contributed by atoms with E-state index in [4.69, 9.17) is 0 Å². The lowest BCUT2D eigenvalue weighted by molar-refractivity contribution is -0.973. The normalized spacial score (nSPS) is 34.9. The van der Waals surface area contributed by atoms with Gasteiger partial charge < -0.3 is 0 Å². The van der Waals surface area contributed by atoms with Gasteiger partial charge in [0.1, 0.15) is 26.6 Å². The van der Waals surface area contributed by atoms with Crippen LogP contribution >= 0.6 is 0 Å². The van der Waals surface area contributed by atoms with Gasteiger partial charge in [-0.3, -0.25) is 9.28 Å². The number of ketones is 1. The minimum atomic E-state index is 0.271. The number of carbonyl (C=O) groups is 1. The Balaban J connectivity index is 1.47. The molecule has 118 valence electrons. The van der Waals surface area contributed by atoms with Crippen molar-refractivity contribution in [2.75, 3.05) is 46.6 Å². The quantitative estimate of drug-likeness (QED) is 0.635. The summed E-state index contributed by atoms with van der Waals surface area (Å²) in [4.78, 5) is 20.4. The van der Waals surface area contributed by atoms with Crippen LogP contribution in [0.25, 0.3) is 10.8 Å². The molecule has 23 heavy (non-hydrogen) atoms. The van der Waals surface area contributed by atoms with E-state index >= 15 is 0 Å². The Morgan fingerprint density at radius 2 is 1.48 bits per heavy atom. The van der Waals surface area contributed by atoms with Crippen LogP contribution in [-0.2, 0) is 0 Å². The number of benzene rings is 2. The molecule has 0 radical (unpaired) electrons. The van der Waals surface area contributed by atoms with Crippen LogP contribution in [0.2, 0.25) is 0 Å². The second kappa shape index (κ2) is 4.85. The molecule has 0 aromatic heterocycles. The van der Waals surface area contributed by atoms with E-state index in [-0.39, 0.29) is 5.78 Å². The minimum absolute atomic E-state index is 0.271. The highest BCUT2D eigenvalue weighted by atomic mass is 16.1. The third-order valence-electron chi connectivity index (χ3n) is 5.27. The maximum atomic E-state index is 13.1. The zero-order valence-electron chi connectivity index (χ0n) is 13.2. The van der Waals surface area contributed by atoms with E-state index < -0.39 is 0 Å². The Hall–Kier alpha value is -1.79. The summed E-state index contributed by atoms with van der Waals surface area (Å²) >= 11 is 0. The molecule has 4 heterocycles. The summed E-state index contributed by atoms with van der Waals surface area (Å²) in [6.07, 6.45) is 0. The maximum Gasteiger partial charge on any atom is 0.217 e. The molecule has 0 saturated carbocycles. The van der Waals surface area contributed by atoms with Crippen molar-refractivity contribution in [2.24, 2.45) is 0 Å². The monoisotopic (exact) mass is 309 g/mol. The summed E-state index contributed by atoms with van der Waals surface area (Å²) < 4.78 is 0.863. The Morgan fingerprint density at radius 1 is 0.870 bits per heavy atom. The summed E-state index contributed by atoms with van der Waals surface area (Å²) in [5.41, 5.74) is 0.872. The van der Waals surface area contributed by atoms with Crippen molar-refractivity contribution >= 4 is 16.6 Å². The topological polar surface area (TPSA) is 26.8 Å². The fourth-order valence-electron chi connectivity index (χ4n) is 4.67. The second-order valence-electron chi connectivity index (χ2n) is 7.31. The van der Waals surface area contributed by atoms with Crippen LogP contribution in [0.1, 0.15) is 10.4 Å². The van der Waals surface area contributed by atoms with Crippen LogP contribution < -0.4 is 0 Å². The molecule has 4 fully saturated rings. The fourth-order valence-corrected chi connectivity index (χ4v) is 4.67. The molecular weight excluding hydrogens is 288 g/mol. The van der Waals surface area contributed by atoms with Gasteiger partial charge in [-0.2, -0.15) is 0 Å². The van der Waals surface area contributed by atoms with Gasteiger partial charge in [-0.05, 0) is 10.8 Å². The van der Waals surface area contributed by atoms with Crippen LogP contribution in [0.4, 0.5) is 0 Å². The van der Waals surface area contributed by atoms with Gasteiger partial charge in [0.05, 0.1) is 20.0 Å². The zero-order chi connectivity index (χ0) is 15.4. The van der Waals surface area contributed by atoms with Gasteiger partial charge in [-0.15, -0.1) is 0 Å². The molecular formula is C18H21N4O+. The van der Waals surface area contributed by atoms with Crippen molar-refractivity contribution in [3.8, 4) is 0 Å². The molecule has 4 aliphatic rings. The molecule has 0 amide bonds. The first-order valence-electron chi connectivity index (χ1n) is 8.24. The first kappa shape index (κ1) is 13.6. The lowest BCUT2D eigenvalue weighted by atomic mass is 10.0. The van der Waals surface area contributed by atoms with E-state index in [9.17, 15) is 4.79 Å². The van der Waals surface area contributed by atoms with Gasteiger partial charge in [-0.25, -0.2) is 14.7 Å². The van der Waals surface area contributed by atoms with E-state index in [1.54, 1.807) is 0 Å². The second-order valence-corrected chi connectivity index (χ2v) is 7.31. The van der Waals surface area contributed by atoms with Crippen LogP contribution in [0.3, 0.4) is 0 Å². The van der Waals surface area contributed by atoms with E-state index in [1.165, 1.54) is 0 Å². The molecule has 0 N–H and O–H groups in total. The van der Waals surface area contributed by atoms with Crippen molar-refractivity contribution in [2.45, 2.75) is 0 Å². The smallest absolute Gasteiger partial charge is 0.217 e. The number of rotatable bonds is 3. The first-order chi connectivity index (χ1) is 11.2. The molecule has 5 nitrogen and oxygen atoms in total. The Kier molecular flexibility index (Phi) is 2.87. The lowest BCUT2D eigenvalue weighted by Gasteiger charge is -2.60. The summed E-state index contributed by atoms with van der Waals surface area (Å²) in [5, 5.41) is 2.22. The molecule has 0 aliphatic carbocycles. The number of carbonyl (C=O) groups excluding carboxylic acids is 1. The first-order valence-corrected chi connectivity index (χ1v) is 8.24. The van der Waals surface area contributed by atoms with Crippen LogP contribution in [-0.4, -0.2) is 71.5 Å². The predicted octanol–water partition coefficient (Wildman–Crippen LogP) is 1.53. The number of quaternary nitrogens is 1. The molecule has 4 saturated heterocycles. The molecule has 5 heteroatoms. The number of hydrogen-bond donors (Lipinski definition) is 0. The lowest BCUT2D eigenvalue weighted by Crippen LogP contribution is -2.79. The third kappa shape index (κ3) is 2.20. The molecule has 2 aromatic rings. The maximum absolute atomic E-state index is 13.1. The summed E-state index contributed by atoms with van der Waals surface area (Å²) in [6.45, 7) is 6.77. The van der Waals surface area contributed by atoms with Gasteiger partial charge in [0.15, 0.2) is 0 Å². The third-order valence-corrected chi connectivity index (χ3v) is 5.27. The molecule has 0 spiro atoms. The number of hydrogen-bond acceptors (Lipinski definition) is 4. The molecule has 2 aromatic carbocycles. The van der Waals surface area contributed by atoms with E-state index in [2.05, 4.69) is 32.9 Å². The van der Waals surface area contributed by atoms with Crippen molar-refractivity contribution in [3.05, 3.63) is 48.0 Å². The Labute approximate surface area is 135 Å². The van der Waals surface area contributed by atoms with E-state index in [0.717, 1.165) is 60.8 Å². The highest BCUT2D eigenvalue weighted by molar-refractivity contribution is 6.08. The molecule has 0 unspecified atom stereocenters. The molecule has 4 bridgehead atoms. The highest BCUT2D eigenvalue weighted by Crippen LogP contribution is 2.29. The van der Waals surface area contributed by atoms with Crippen LogP contribution in [0, 0.1) is 0 Å². The SMILES string of the molecule is O=C(C[N+]12CN3CN(CN(C3)C1)C2)c1cccc2ccccc12. The van der Waals surface area contributed by atoms with Crippen LogP contribution in [0.15, 0.2) is 42.5 Å². The zero-order valence-corrected chi connectivity index (χ0v) is 13.2. The minimum Gasteiger partial charge on any atom is -0.288 e. The average Bonchev–Trinajstić information content (AvgIpc) is 2.52. The van der Waals surface area contributed by atoms with Crippen LogP contribution in [0.5, 0.6) is 0 Å². The number of nitrogens with zero attached hydrogens (tertiary/aromatic N) is 4. The van der Waals surface area contributed by atoms with Gasteiger partial charge >= 0.3 is 0 Å². The van der Waals surface area contributed by atoms with Gasteiger partial charge in [-0.1, -0.05) is 42.5 Å². The van der Waals surface area contributed by atoms with Gasteiger partial charge in [0.2, 0.25) is 5.78 Å². The standard InChI is InChI=1S/C18H21N4O/c23-18(17-7-3-5-15-4-1-2-6-16(15)17)8-22-12-19-9-20(13-22)11-21(10-19)14-22/h1-7H,8-14H2/q+1. The van der Waals surface area contributed by atoms with Gasteiger partial charge in [0, 0.05) is 5.56 Å². The number of Topliss-reactive ketones (excluding diaryl/α,β-unsaturated/α-hetero) is 1. The number of fused-ring (bicyclic) bond motifs is 1. The highest BCUT2D eigenvalue weighted by Gasteiger charge is 2.49. The fraction of sp³-hybridized carbons (Fsp3) is 0.389. The van der Waals surface area contributed by atoms with Crippen molar-refractivity contribution < 1.29 is 9.28 Å². The Morgan fingerprint density at radius 3 is 2.17 bits per heavy atom. The molecule has 6 rings (SSSR count). The van der Waals surface area contributed by atoms with Crippen molar-refractivity contribution in [1.29, 1.82) is 0 Å². The van der Waals surface area contributed by atoms with E-state index in [1.807, 2.05) is 24.3 Å². The Bertz CT molecular complexity index is 747. The molecule has 4 aliphatic heterocycles. The summed E-state index contributed by atoms with van der Waals surface area (Å²) in [5.74, 6) is 0.271. The van der Waals surface area contributed by atoms with E-state index in [0.29, 0.717) is 6.54 Å². The van der Waals surface area contributed by atoms with Gasteiger partial charge in [0.25, 0.3) is 0 Å². The average molecular weight is 309 g/mol. The predicted molar refractivity (Wildman–Crippen MR) is 88.1 cm³/mol. The summed E-state index contributed by atoms with van der Waals surface area (Å²) in [6, 6.07) is 14.2. The molecule has 0 atom stereocenters. The van der Waals surface area contributed by atoms with Crippen molar-refractivity contribution in [3.63, 3.8) is 0 Å².